The molecule has 1 saturated heterocycles. The van der Waals surface area contributed by atoms with E-state index >= 15 is 0 Å². The Morgan fingerprint density at radius 3 is 2.62 bits per heavy atom. The molecule has 0 bridgehead atoms. The van der Waals surface area contributed by atoms with E-state index in [4.69, 9.17) is 0 Å². The molecule has 7 heteroatoms. The zero-order valence-corrected chi connectivity index (χ0v) is 15.0. The number of hydrogen-bond acceptors (Lipinski definition) is 4. The second-order valence-electron chi connectivity index (χ2n) is 6.82. The SMILES string of the molecule is C[C@H](NC(=O)CC1CCN(C(=O)Cn2cncn2)CC1)c1ccccc1. The molecule has 1 fully saturated rings. The average Bonchev–Trinajstić information content (AvgIpc) is 3.16. The van der Waals surface area contributed by atoms with Crippen molar-refractivity contribution in [3.8, 4) is 0 Å². The highest BCUT2D eigenvalue weighted by Crippen LogP contribution is 2.21. The summed E-state index contributed by atoms with van der Waals surface area (Å²) in [5.74, 6) is 0.457. The number of nitrogens with one attached hydrogen (secondary N) is 1. The molecule has 1 N–H and O–H groups in total. The van der Waals surface area contributed by atoms with Gasteiger partial charge in [0.15, 0.2) is 0 Å². The van der Waals surface area contributed by atoms with E-state index in [0.29, 0.717) is 25.4 Å². The lowest BCUT2D eigenvalue weighted by Crippen LogP contribution is -2.41. The molecule has 1 aliphatic rings. The van der Waals surface area contributed by atoms with Gasteiger partial charge in [0.1, 0.15) is 19.2 Å². The van der Waals surface area contributed by atoms with Crippen LogP contribution in [-0.4, -0.2) is 44.6 Å². The minimum atomic E-state index is 0.00745. The summed E-state index contributed by atoms with van der Waals surface area (Å²) in [5, 5.41) is 7.03. The number of likely N-dealkylation sites (tertiary alicyclic amines) is 1. The van der Waals surface area contributed by atoms with Gasteiger partial charge in [0.05, 0.1) is 6.04 Å². The topological polar surface area (TPSA) is 80.1 Å². The molecule has 0 unspecified atom stereocenters. The van der Waals surface area contributed by atoms with Gasteiger partial charge in [-0.05, 0) is 31.2 Å². The average molecular weight is 355 g/mol. The van der Waals surface area contributed by atoms with Gasteiger partial charge < -0.3 is 10.2 Å². The number of carbonyl (C=O) groups excluding carboxylic acids is 2. The minimum Gasteiger partial charge on any atom is -0.350 e. The Bertz CT molecular complexity index is 709. The van der Waals surface area contributed by atoms with Crippen molar-refractivity contribution in [1.29, 1.82) is 0 Å². The lowest BCUT2D eigenvalue weighted by molar-refractivity contribution is -0.133. The molecule has 0 spiro atoms. The summed E-state index contributed by atoms with van der Waals surface area (Å²) >= 11 is 0. The van der Waals surface area contributed by atoms with Crippen molar-refractivity contribution in [3.63, 3.8) is 0 Å². The van der Waals surface area contributed by atoms with Gasteiger partial charge in [0, 0.05) is 19.5 Å². The lowest BCUT2D eigenvalue weighted by atomic mass is 9.93. The van der Waals surface area contributed by atoms with E-state index in [9.17, 15) is 9.59 Å². The number of nitrogens with zero attached hydrogens (tertiary/aromatic N) is 4. The van der Waals surface area contributed by atoms with Crippen molar-refractivity contribution in [1.82, 2.24) is 25.0 Å². The van der Waals surface area contributed by atoms with Gasteiger partial charge in [0.2, 0.25) is 11.8 Å². The van der Waals surface area contributed by atoms with Gasteiger partial charge >= 0.3 is 0 Å². The van der Waals surface area contributed by atoms with Crippen LogP contribution in [-0.2, 0) is 16.1 Å². The predicted octanol–water partition coefficient (Wildman–Crippen LogP) is 1.78. The number of carbonyl (C=O) groups is 2. The first-order valence-corrected chi connectivity index (χ1v) is 9.06. The fraction of sp³-hybridized carbons (Fsp3) is 0.474. The molecular formula is C19H25N5O2. The van der Waals surface area contributed by atoms with Gasteiger partial charge in [-0.15, -0.1) is 0 Å². The second kappa shape index (κ2) is 8.60. The summed E-state index contributed by atoms with van der Waals surface area (Å²) in [6.45, 7) is 3.61. The highest BCUT2D eigenvalue weighted by atomic mass is 16.2. The molecule has 138 valence electrons. The van der Waals surface area contributed by atoms with Crippen LogP contribution >= 0.6 is 0 Å². The van der Waals surface area contributed by atoms with Gasteiger partial charge in [-0.1, -0.05) is 30.3 Å². The molecule has 0 aliphatic carbocycles. The van der Waals surface area contributed by atoms with Crippen molar-refractivity contribution >= 4 is 11.8 Å². The van der Waals surface area contributed by atoms with E-state index in [2.05, 4.69) is 15.4 Å². The van der Waals surface area contributed by atoms with Crippen LogP contribution in [0.15, 0.2) is 43.0 Å². The van der Waals surface area contributed by atoms with Crippen molar-refractivity contribution in [2.75, 3.05) is 13.1 Å². The second-order valence-corrected chi connectivity index (χ2v) is 6.82. The molecule has 1 aromatic carbocycles. The predicted molar refractivity (Wildman–Crippen MR) is 96.9 cm³/mol. The number of hydrogen-bond donors (Lipinski definition) is 1. The van der Waals surface area contributed by atoms with E-state index in [1.165, 1.54) is 11.0 Å². The molecule has 3 rings (SSSR count). The summed E-state index contributed by atoms with van der Waals surface area (Å²) in [6, 6.07) is 9.96. The van der Waals surface area contributed by atoms with Crippen LogP contribution in [0.3, 0.4) is 0 Å². The van der Waals surface area contributed by atoms with E-state index in [0.717, 1.165) is 18.4 Å². The van der Waals surface area contributed by atoms with Crippen LogP contribution in [0.25, 0.3) is 0 Å². The molecular weight excluding hydrogens is 330 g/mol. The lowest BCUT2D eigenvalue weighted by Gasteiger charge is -2.32. The molecule has 1 atom stereocenters. The number of piperidine rings is 1. The number of aromatic nitrogens is 3. The Labute approximate surface area is 153 Å². The first-order valence-electron chi connectivity index (χ1n) is 9.06. The van der Waals surface area contributed by atoms with Crippen LogP contribution in [0, 0.1) is 5.92 Å². The Morgan fingerprint density at radius 2 is 1.96 bits per heavy atom. The molecule has 26 heavy (non-hydrogen) atoms. The van der Waals surface area contributed by atoms with Crippen LogP contribution in [0.4, 0.5) is 0 Å². The first-order chi connectivity index (χ1) is 12.6. The highest BCUT2D eigenvalue weighted by Gasteiger charge is 2.25. The number of rotatable bonds is 6. The smallest absolute Gasteiger partial charge is 0.244 e. The van der Waals surface area contributed by atoms with E-state index < -0.39 is 0 Å². The number of amides is 2. The van der Waals surface area contributed by atoms with Gasteiger partial charge in [0.25, 0.3) is 0 Å². The molecule has 0 saturated carbocycles. The van der Waals surface area contributed by atoms with Crippen molar-refractivity contribution < 1.29 is 9.59 Å². The molecule has 0 radical (unpaired) electrons. The largest absolute Gasteiger partial charge is 0.350 e. The number of benzene rings is 1. The van der Waals surface area contributed by atoms with Gasteiger partial charge in [-0.2, -0.15) is 5.10 Å². The van der Waals surface area contributed by atoms with E-state index in [1.807, 2.05) is 42.2 Å². The Morgan fingerprint density at radius 1 is 1.23 bits per heavy atom. The van der Waals surface area contributed by atoms with E-state index in [-0.39, 0.29) is 24.4 Å². The Kier molecular flexibility index (Phi) is 5.99. The summed E-state index contributed by atoms with van der Waals surface area (Å²) in [6.07, 6.45) is 5.20. The summed E-state index contributed by atoms with van der Waals surface area (Å²) in [5.41, 5.74) is 1.11. The quantitative estimate of drug-likeness (QED) is 0.857. The molecule has 1 aliphatic heterocycles. The normalized spacial score (nSPS) is 16.3. The van der Waals surface area contributed by atoms with Crippen molar-refractivity contribution in [2.45, 2.75) is 38.8 Å². The third-order valence-corrected chi connectivity index (χ3v) is 4.88. The first kappa shape index (κ1) is 18.1. The van der Waals surface area contributed by atoms with Gasteiger partial charge in [-0.3, -0.25) is 9.59 Å². The molecule has 7 nitrogen and oxygen atoms in total. The van der Waals surface area contributed by atoms with Crippen LogP contribution in [0.2, 0.25) is 0 Å². The maximum Gasteiger partial charge on any atom is 0.244 e. The van der Waals surface area contributed by atoms with Crippen molar-refractivity contribution in [2.24, 2.45) is 5.92 Å². The summed E-state index contributed by atoms with van der Waals surface area (Å²) in [4.78, 5) is 30.3. The maximum absolute atomic E-state index is 12.3. The third-order valence-electron chi connectivity index (χ3n) is 4.88. The van der Waals surface area contributed by atoms with E-state index in [1.54, 1.807) is 6.33 Å². The van der Waals surface area contributed by atoms with Crippen LogP contribution in [0.1, 0.15) is 37.8 Å². The fourth-order valence-corrected chi connectivity index (χ4v) is 3.33. The van der Waals surface area contributed by atoms with Crippen molar-refractivity contribution in [3.05, 3.63) is 48.5 Å². The molecule has 2 amide bonds. The summed E-state index contributed by atoms with van der Waals surface area (Å²) in [7, 11) is 0. The zero-order chi connectivity index (χ0) is 18.4. The zero-order valence-electron chi connectivity index (χ0n) is 15.0. The van der Waals surface area contributed by atoms with Gasteiger partial charge in [-0.25, -0.2) is 9.67 Å². The van der Waals surface area contributed by atoms with Crippen LogP contribution < -0.4 is 5.32 Å². The minimum absolute atomic E-state index is 0.00745. The fourth-order valence-electron chi connectivity index (χ4n) is 3.33. The molecule has 1 aromatic heterocycles. The summed E-state index contributed by atoms with van der Waals surface area (Å²) < 4.78 is 1.53. The molecule has 2 aromatic rings. The molecule has 2 heterocycles. The van der Waals surface area contributed by atoms with Crippen LogP contribution in [0.5, 0.6) is 0 Å². The maximum atomic E-state index is 12.3. The Hall–Kier alpha value is -2.70. The highest BCUT2D eigenvalue weighted by molar-refractivity contribution is 5.77. The standard InChI is InChI=1S/C19H25N5O2/c1-15(17-5-3-2-4-6-17)22-18(25)11-16-7-9-23(10-8-16)19(26)12-24-14-20-13-21-24/h2-6,13-16H,7-12H2,1H3,(H,22,25)/t15-/m0/s1. The third kappa shape index (κ3) is 4.91. The Balaban J connectivity index is 1.40. The monoisotopic (exact) mass is 355 g/mol.